The monoisotopic (exact) mass is 272 g/mol. The topological polar surface area (TPSA) is 31.0 Å². The predicted octanol–water partition coefficient (Wildman–Crippen LogP) is -0.559. The second kappa shape index (κ2) is 7.23. The highest BCUT2D eigenvalue weighted by molar-refractivity contribution is 7.80. The van der Waals surface area contributed by atoms with Crippen LogP contribution in [0.5, 0.6) is 0 Å². The van der Waals surface area contributed by atoms with Gasteiger partial charge in [0.05, 0.1) is 13.2 Å². The molecule has 0 amide bonds. The summed E-state index contributed by atoms with van der Waals surface area (Å²) in [5, 5.41) is 4.28. The van der Waals surface area contributed by atoms with Crippen LogP contribution in [0.1, 0.15) is 0 Å². The number of hydrogen-bond acceptors (Lipinski definition) is 4. The lowest BCUT2D eigenvalue weighted by molar-refractivity contribution is 0.0388. The zero-order valence-electron chi connectivity index (χ0n) is 11.2. The lowest BCUT2D eigenvalue weighted by Gasteiger charge is -2.34. The van der Waals surface area contributed by atoms with Gasteiger partial charge in [-0.25, -0.2) is 0 Å². The summed E-state index contributed by atoms with van der Waals surface area (Å²) < 4.78 is 5.33. The highest BCUT2D eigenvalue weighted by Crippen LogP contribution is 2.00. The minimum atomic E-state index is 0.864. The molecule has 5 nitrogen and oxygen atoms in total. The second-order valence-corrected chi connectivity index (χ2v) is 5.36. The number of hydrogen-bond donors (Lipinski definition) is 1. The van der Waals surface area contributed by atoms with Gasteiger partial charge in [-0.05, 0) is 19.3 Å². The number of nitrogens with one attached hydrogen (secondary N) is 1. The number of rotatable bonds is 3. The summed E-state index contributed by atoms with van der Waals surface area (Å²) in [6.45, 7) is 10.1. The lowest BCUT2D eigenvalue weighted by atomic mass is 10.3. The van der Waals surface area contributed by atoms with Crippen LogP contribution in [0.2, 0.25) is 0 Å². The van der Waals surface area contributed by atoms with Crippen LogP contribution in [0.25, 0.3) is 0 Å². The minimum absolute atomic E-state index is 0.864. The number of ether oxygens (including phenoxy) is 1. The molecule has 0 aromatic rings. The Balaban J connectivity index is 1.59. The molecule has 0 unspecified atom stereocenters. The van der Waals surface area contributed by atoms with Gasteiger partial charge in [0.2, 0.25) is 0 Å². The van der Waals surface area contributed by atoms with E-state index in [1.165, 1.54) is 0 Å². The highest BCUT2D eigenvalue weighted by Gasteiger charge is 2.16. The fourth-order valence-corrected chi connectivity index (χ4v) is 2.55. The lowest BCUT2D eigenvalue weighted by Crippen LogP contribution is -2.51. The van der Waals surface area contributed by atoms with Crippen molar-refractivity contribution in [1.82, 2.24) is 20.0 Å². The third-order valence-corrected chi connectivity index (χ3v) is 4.00. The van der Waals surface area contributed by atoms with Crippen LogP contribution >= 0.6 is 12.2 Å². The van der Waals surface area contributed by atoms with Gasteiger partial charge in [-0.1, -0.05) is 0 Å². The third-order valence-electron chi connectivity index (χ3n) is 3.60. The van der Waals surface area contributed by atoms with Crippen molar-refractivity contribution in [3.63, 3.8) is 0 Å². The van der Waals surface area contributed by atoms with Gasteiger partial charge < -0.3 is 19.9 Å². The summed E-state index contributed by atoms with van der Waals surface area (Å²) in [4.78, 5) is 7.03. The van der Waals surface area contributed by atoms with E-state index in [0.717, 1.165) is 70.7 Å². The van der Waals surface area contributed by atoms with Crippen LogP contribution in [0.4, 0.5) is 0 Å². The Labute approximate surface area is 115 Å². The van der Waals surface area contributed by atoms with Crippen LogP contribution in [0.15, 0.2) is 0 Å². The number of thiocarbonyl (C=S) groups is 1. The zero-order chi connectivity index (χ0) is 12.8. The first-order chi connectivity index (χ1) is 8.75. The molecule has 0 atom stereocenters. The van der Waals surface area contributed by atoms with Crippen LogP contribution in [-0.2, 0) is 4.74 Å². The van der Waals surface area contributed by atoms with Gasteiger partial charge in [0.25, 0.3) is 0 Å². The molecule has 2 heterocycles. The SMILES string of the molecule is CN1CCN(C(=S)NCCN2CCOCC2)CC1. The van der Waals surface area contributed by atoms with Gasteiger partial charge in [-0.2, -0.15) is 0 Å². The van der Waals surface area contributed by atoms with E-state index in [1.807, 2.05) is 0 Å². The molecule has 0 aliphatic carbocycles. The molecular weight excluding hydrogens is 248 g/mol. The highest BCUT2D eigenvalue weighted by atomic mass is 32.1. The molecule has 1 N–H and O–H groups in total. The Morgan fingerprint density at radius 2 is 1.78 bits per heavy atom. The van der Waals surface area contributed by atoms with Crippen molar-refractivity contribution in [3.05, 3.63) is 0 Å². The molecule has 2 aliphatic rings. The van der Waals surface area contributed by atoms with Gasteiger partial charge in [-0.15, -0.1) is 0 Å². The molecule has 0 aromatic heterocycles. The average molecular weight is 272 g/mol. The van der Waals surface area contributed by atoms with Gasteiger partial charge in [0.15, 0.2) is 5.11 Å². The summed E-state index contributed by atoms with van der Waals surface area (Å²) in [5.74, 6) is 0. The first kappa shape index (κ1) is 14.0. The van der Waals surface area contributed by atoms with Crippen molar-refractivity contribution < 1.29 is 4.74 Å². The zero-order valence-corrected chi connectivity index (χ0v) is 12.0. The minimum Gasteiger partial charge on any atom is -0.379 e. The predicted molar refractivity (Wildman–Crippen MR) is 76.9 cm³/mol. The number of piperazine rings is 1. The van der Waals surface area contributed by atoms with E-state index in [1.54, 1.807) is 0 Å². The molecule has 2 saturated heterocycles. The maximum atomic E-state index is 5.43. The number of nitrogens with zero attached hydrogens (tertiary/aromatic N) is 3. The van der Waals surface area contributed by atoms with Gasteiger partial charge in [-0.3, -0.25) is 4.90 Å². The molecule has 0 radical (unpaired) electrons. The molecule has 0 saturated carbocycles. The summed E-state index contributed by atoms with van der Waals surface area (Å²) >= 11 is 5.43. The molecule has 104 valence electrons. The molecular formula is C12H24N4OS. The quantitative estimate of drug-likeness (QED) is 0.693. The molecule has 2 rings (SSSR count). The van der Waals surface area contributed by atoms with E-state index in [2.05, 4.69) is 27.1 Å². The standard InChI is InChI=1S/C12H24N4OS/c1-14-4-6-16(7-5-14)12(18)13-2-3-15-8-10-17-11-9-15/h2-11H2,1H3,(H,13,18). The Morgan fingerprint density at radius 1 is 1.11 bits per heavy atom. The summed E-state index contributed by atoms with van der Waals surface area (Å²) in [6, 6.07) is 0. The van der Waals surface area contributed by atoms with Crippen LogP contribution in [0.3, 0.4) is 0 Å². The fourth-order valence-electron chi connectivity index (χ4n) is 2.27. The number of likely N-dealkylation sites (N-methyl/N-ethyl adjacent to an activating group) is 1. The Kier molecular flexibility index (Phi) is 5.62. The smallest absolute Gasteiger partial charge is 0.169 e. The largest absolute Gasteiger partial charge is 0.379 e. The van der Waals surface area contributed by atoms with Crippen molar-refractivity contribution in [3.8, 4) is 0 Å². The van der Waals surface area contributed by atoms with E-state index in [-0.39, 0.29) is 0 Å². The summed E-state index contributed by atoms with van der Waals surface area (Å²) in [7, 11) is 2.16. The second-order valence-electron chi connectivity index (χ2n) is 4.98. The molecule has 6 heteroatoms. The van der Waals surface area contributed by atoms with Crippen molar-refractivity contribution >= 4 is 17.3 Å². The Bertz CT molecular complexity index is 263. The van der Waals surface area contributed by atoms with E-state index >= 15 is 0 Å². The molecule has 2 aliphatic heterocycles. The van der Waals surface area contributed by atoms with E-state index in [0.29, 0.717) is 0 Å². The summed E-state index contributed by atoms with van der Waals surface area (Å²) in [6.07, 6.45) is 0. The average Bonchev–Trinajstić information content (AvgIpc) is 2.40. The fraction of sp³-hybridized carbons (Fsp3) is 0.917. The molecule has 0 spiro atoms. The first-order valence-electron chi connectivity index (χ1n) is 6.77. The first-order valence-corrected chi connectivity index (χ1v) is 7.18. The maximum absolute atomic E-state index is 5.43. The molecule has 0 aromatic carbocycles. The van der Waals surface area contributed by atoms with Crippen molar-refractivity contribution in [2.75, 3.05) is 72.6 Å². The van der Waals surface area contributed by atoms with Crippen LogP contribution < -0.4 is 5.32 Å². The third kappa shape index (κ3) is 4.35. The molecule has 18 heavy (non-hydrogen) atoms. The maximum Gasteiger partial charge on any atom is 0.169 e. The van der Waals surface area contributed by atoms with Crippen LogP contribution in [-0.4, -0.2) is 92.4 Å². The van der Waals surface area contributed by atoms with Gasteiger partial charge in [0.1, 0.15) is 0 Å². The number of morpholine rings is 1. The van der Waals surface area contributed by atoms with Crippen molar-refractivity contribution in [2.24, 2.45) is 0 Å². The van der Waals surface area contributed by atoms with Gasteiger partial charge >= 0.3 is 0 Å². The normalized spacial score (nSPS) is 23.1. The van der Waals surface area contributed by atoms with E-state index in [4.69, 9.17) is 17.0 Å². The van der Waals surface area contributed by atoms with E-state index in [9.17, 15) is 0 Å². The van der Waals surface area contributed by atoms with Crippen molar-refractivity contribution in [1.29, 1.82) is 0 Å². The summed E-state index contributed by atoms with van der Waals surface area (Å²) in [5.41, 5.74) is 0. The van der Waals surface area contributed by atoms with Crippen LogP contribution in [0, 0.1) is 0 Å². The van der Waals surface area contributed by atoms with Crippen molar-refractivity contribution in [2.45, 2.75) is 0 Å². The Hall–Kier alpha value is -0.430. The molecule has 0 bridgehead atoms. The van der Waals surface area contributed by atoms with Gasteiger partial charge in [0, 0.05) is 52.4 Å². The van der Waals surface area contributed by atoms with E-state index < -0.39 is 0 Å². The Morgan fingerprint density at radius 3 is 2.44 bits per heavy atom. The molecule has 2 fully saturated rings.